The predicted molar refractivity (Wildman–Crippen MR) is 89.9 cm³/mol. The van der Waals surface area contributed by atoms with Crippen molar-refractivity contribution in [1.29, 1.82) is 0 Å². The summed E-state index contributed by atoms with van der Waals surface area (Å²) in [6, 6.07) is 3.18. The van der Waals surface area contributed by atoms with Gasteiger partial charge in [0, 0.05) is 0 Å². The van der Waals surface area contributed by atoms with E-state index >= 15 is 0 Å². The van der Waals surface area contributed by atoms with Gasteiger partial charge in [0.25, 0.3) is 0 Å². The van der Waals surface area contributed by atoms with Crippen LogP contribution in [0.1, 0.15) is 38.1 Å². The molecule has 1 rings (SSSR count). The van der Waals surface area contributed by atoms with Gasteiger partial charge in [-0.1, -0.05) is 27.0 Å². The second kappa shape index (κ2) is 10.4. The molecule has 4 nitrogen and oxygen atoms in total. The summed E-state index contributed by atoms with van der Waals surface area (Å²) >= 11 is 0. The number of hydrogen-bond donors (Lipinski definition) is 0. The molecule has 0 aliphatic heterocycles. The number of halogens is 3. The zero-order valence-corrected chi connectivity index (χ0v) is 14.8. The van der Waals surface area contributed by atoms with Gasteiger partial charge in [-0.05, 0) is 43.2 Å². The lowest BCUT2D eigenvalue weighted by molar-refractivity contribution is -0.274. The Balaban J connectivity index is 0.00000277. The summed E-state index contributed by atoms with van der Waals surface area (Å²) in [5, 5.41) is 0. The summed E-state index contributed by atoms with van der Waals surface area (Å²) in [7, 11) is 0. The molecule has 0 aliphatic rings. The molecule has 0 heterocycles. The standard InChI is InChI=1S/C16H17F3O4.C2H6/c1-10(2)8-21-14-6-5-12(23-16(17,18)19)7-13(14)15(20)22-9-11(3)4;1-2/h5-7H,1,3,8-9H2,2,4H3;1-2H3. The highest BCUT2D eigenvalue weighted by Gasteiger charge is 2.31. The highest BCUT2D eigenvalue weighted by atomic mass is 19.4. The number of alkyl halides is 3. The maximum absolute atomic E-state index is 12.3. The van der Waals surface area contributed by atoms with Crippen molar-refractivity contribution in [3.8, 4) is 11.5 Å². The monoisotopic (exact) mass is 360 g/mol. The number of hydrogen-bond acceptors (Lipinski definition) is 4. The Labute approximate surface area is 145 Å². The first-order valence-corrected chi connectivity index (χ1v) is 7.57. The van der Waals surface area contributed by atoms with Gasteiger partial charge in [0.2, 0.25) is 0 Å². The van der Waals surface area contributed by atoms with Gasteiger partial charge in [-0.15, -0.1) is 13.2 Å². The Morgan fingerprint density at radius 3 is 2.12 bits per heavy atom. The SMILES string of the molecule is C=C(C)COC(=O)c1cc(OC(F)(F)F)ccc1OCC(=C)C.CC. The number of esters is 1. The fourth-order valence-corrected chi connectivity index (χ4v) is 1.46. The van der Waals surface area contributed by atoms with Crippen LogP contribution in [0.15, 0.2) is 42.5 Å². The molecule has 0 spiro atoms. The second-order valence-corrected chi connectivity index (χ2v) is 4.98. The summed E-state index contributed by atoms with van der Waals surface area (Å²) in [5.74, 6) is -1.30. The molecular weight excluding hydrogens is 337 g/mol. The minimum Gasteiger partial charge on any atom is -0.488 e. The topological polar surface area (TPSA) is 44.8 Å². The van der Waals surface area contributed by atoms with Crippen LogP contribution in [0.4, 0.5) is 13.2 Å². The maximum Gasteiger partial charge on any atom is 0.573 e. The van der Waals surface area contributed by atoms with E-state index in [1.165, 1.54) is 6.07 Å². The van der Waals surface area contributed by atoms with E-state index in [1.54, 1.807) is 13.8 Å². The molecule has 0 aliphatic carbocycles. The highest BCUT2D eigenvalue weighted by Crippen LogP contribution is 2.29. The van der Waals surface area contributed by atoms with Crippen molar-refractivity contribution in [2.45, 2.75) is 34.1 Å². The second-order valence-electron chi connectivity index (χ2n) is 4.98. The molecule has 0 fully saturated rings. The number of ether oxygens (including phenoxy) is 3. The molecule has 0 amide bonds. The molecule has 0 radical (unpaired) electrons. The van der Waals surface area contributed by atoms with Gasteiger partial charge in [-0.2, -0.15) is 0 Å². The van der Waals surface area contributed by atoms with Crippen molar-refractivity contribution >= 4 is 5.97 Å². The summed E-state index contributed by atoms with van der Waals surface area (Å²) < 4.78 is 51.0. The summed E-state index contributed by atoms with van der Waals surface area (Å²) in [4.78, 5) is 12.0. The smallest absolute Gasteiger partial charge is 0.488 e. The van der Waals surface area contributed by atoms with E-state index in [9.17, 15) is 18.0 Å². The maximum atomic E-state index is 12.3. The van der Waals surface area contributed by atoms with E-state index in [4.69, 9.17) is 9.47 Å². The van der Waals surface area contributed by atoms with Crippen LogP contribution in [0.5, 0.6) is 11.5 Å². The van der Waals surface area contributed by atoms with E-state index in [1.807, 2.05) is 13.8 Å². The summed E-state index contributed by atoms with van der Waals surface area (Å²) in [6.45, 7) is 14.6. The zero-order chi connectivity index (χ0) is 19.6. The van der Waals surface area contributed by atoms with Crippen LogP contribution in [-0.2, 0) is 4.74 Å². The molecule has 0 saturated carbocycles. The van der Waals surface area contributed by atoms with Gasteiger partial charge in [0.15, 0.2) is 0 Å². The third kappa shape index (κ3) is 9.44. The van der Waals surface area contributed by atoms with Gasteiger partial charge in [0.1, 0.15) is 30.3 Å². The molecule has 0 saturated heterocycles. The molecule has 140 valence electrons. The summed E-state index contributed by atoms with van der Waals surface area (Å²) in [5.41, 5.74) is 1.10. The van der Waals surface area contributed by atoms with E-state index in [2.05, 4.69) is 17.9 Å². The van der Waals surface area contributed by atoms with Crippen LogP contribution in [-0.4, -0.2) is 25.5 Å². The third-order valence-electron chi connectivity index (χ3n) is 2.33. The van der Waals surface area contributed by atoms with Crippen LogP contribution < -0.4 is 9.47 Å². The molecule has 0 atom stereocenters. The minimum absolute atomic E-state index is 0.0525. The van der Waals surface area contributed by atoms with Crippen LogP contribution in [0.25, 0.3) is 0 Å². The molecule has 0 unspecified atom stereocenters. The predicted octanol–water partition coefficient (Wildman–Crippen LogP) is 5.30. The van der Waals surface area contributed by atoms with Crippen LogP contribution >= 0.6 is 0 Å². The van der Waals surface area contributed by atoms with Crippen molar-refractivity contribution in [2.75, 3.05) is 13.2 Å². The van der Waals surface area contributed by atoms with Crippen LogP contribution in [0.3, 0.4) is 0 Å². The van der Waals surface area contributed by atoms with Gasteiger partial charge < -0.3 is 14.2 Å². The van der Waals surface area contributed by atoms with E-state index in [0.29, 0.717) is 11.1 Å². The minimum atomic E-state index is -4.86. The number of rotatable bonds is 7. The van der Waals surface area contributed by atoms with Crippen LogP contribution in [0, 0.1) is 0 Å². The van der Waals surface area contributed by atoms with Crippen molar-refractivity contribution in [2.24, 2.45) is 0 Å². The largest absolute Gasteiger partial charge is 0.573 e. The lowest BCUT2D eigenvalue weighted by Crippen LogP contribution is -2.18. The van der Waals surface area contributed by atoms with Crippen molar-refractivity contribution < 1.29 is 32.2 Å². The Kier molecular flexibility index (Phi) is 9.41. The number of benzene rings is 1. The molecule has 7 heteroatoms. The zero-order valence-electron chi connectivity index (χ0n) is 14.8. The lowest BCUT2D eigenvalue weighted by Gasteiger charge is -2.14. The van der Waals surface area contributed by atoms with Gasteiger partial charge in [0.05, 0.1) is 0 Å². The van der Waals surface area contributed by atoms with Crippen LogP contribution in [0.2, 0.25) is 0 Å². The molecule has 0 aromatic heterocycles. The van der Waals surface area contributed by atoms with Crippen molar-refractivity contribution in [3.05, 3.63) is 48.1 Å². The average molecular weight is 360 g/mol. The Morgan fingerprint density at radius 2 is 1.64 bits per heavy atom. The van der Waals surface area contributed by atoms with E-state index < -0.39 is 18.1 Å². The van der Waals surface area contributed by atoms with E-state index in [-0.39, 0.29) is 24.5 Å². The molecule has 1 aromatic carbocycles. The van der Waals surface area contributed by atoms with Crippen molar-refractivity contribution in [1.82, 2.24) is 0 Å². The first-order chi connectivity index (χ1) is 11.6. The molecular formula is C18H23F3O4. The summed E-state index contributed by atoms with van der Waals surface area (Å²) in [6.07, 6.45) is -4.86. The fraction of sp³-hybridized carbons (Fsp3) is 0.389. The third-order valence-corrected chi connectivity index (χ3v) is 2.33. The molecule has 1 aromatic rings. The van der Waals surface area contributed by atoms with Gasteiger partial charge >= 0.3 is 12.3 Å². The molecule has 25 heavy (non-hydrogen) atoms. The highest BCUT2D eigenvalue weighted by molar-refractivity contribution is 5.93. The number of carbonyl (C=O) groups excluding carboxylic acids is 1. The first-order valence-electron chi connectivity index (χ1n) is 7.57. The lowest BCUT2D eigenvalue weighted by atomic mass is 10.2. The Morgan fingerprint density at radius 1 is 1.08 bits per heavy atom. The molecule has 0 N–H and O–H groups in total. The quantitative estimate of drug-likeness (QED) is 0.489. The average Bonchev–Trinajstić information content (AvgIpc) is 2.51. The Bertz CT molecular complexity index is 607. The number of carbonyl (C=O) groups is 1. The van der Waals surface area contributed by atoms with E-state index in [0.717, 1.165) is 12.1 Å². The fourth-order valence-electron chi connectivity index (χ4n) is 1.46. The Hall–Kier alpha value is -2.44. The van der Waals surface area contributed by atoms with Gasteiger partial charge in [-0.3, -0.25) is 0 Å². The normalized spacial score (nSPS) is 10.2. The molecule has 0 bridgehead atoms. The van der Waals surface area contributed by atoms with Crippen molar-refractivity contribution in [3.63, 3.8) is 0 Å². The first kappa shape index (κ1) is 22.6. The van der Waals surface area contributed by atoms with Gasteiger partial charge in [-0.25, -0.2) is 4.79 Å².